The van der Waals surface area contributed by atoms with Crippen LogP contribution in [0.3, 0.4) is 0 Å². The number of H-pyrrole nitrogens is 1. The third-order valence-electron chi connectivity index (χ3n) is 2.34. The molecule has 0 unspecified atom stereocenters. The van der Waals surface area contributed by atoms with Gasteiger partial charge < -0.3 is 9.72 Å². The number of carbonyl (C=O) groups is 1. The fourth-order valence-corrected chi connectivity index (χ4v) is 1.53. The molecule has 0 saturated heterocycles. The fraction of sp³-hybridized carbons (Fsp3) is 0.333. The molecule has 0 aliphatic rings. The van der Waals surface area contributed by atoms with Crippen molar-refractivity contribution in [2.24, 2.45) is 5.92 Å². The molecular weight excluding hydrogens is 234 g/mol. The molecule has 6 heteroatoms. The number of nitrogens with one attached hydrogen (secondary N) is 2. The van der Waals surface area contributed by atoms with Crippen molar-refractivity contribution in [3.63, 3.8) is 0 Å². The third-order valence-corrected chi connectivity index (χ3v) is 2.34. The number of hydrogen-bond acceptors (Lipinski definition) is 3. The normalized spacial score (nSPS) is 10.8. The molecule has 0 saturated carbocycles. The molecule has 0 bridgehead atoms. The van der Waals surface area contributed by atoms with Gasteiger partial charge in [0.15, 0.2) is 0 Å². The van der Waals surface area contributed by atoms with Gasteiger partial charge in [-0.2, -0.15) is 4.68 Å². The molecule has 1 aromatic heterocycles. The zero-order valence-corrected chi connectivity index (χ0v) is 10.3. The van der Waals surface area contributed by atoms with Crippen LogP contribution in [0.2, 0.25) is 0 Å². The molecule has 0 fully saturated rings. The highest BCUT2D eigenvalue weighted by Crippen LogP contribution is 2.07. The van der Waals surface area contributed by atoms with Gasteiger partial charge in [0, 0.05) is 0 Å². The summed E-state index contributed by atoms with van der Waals surface area (Å²) in [6.45, 7) is 4.18. The van der Waals surface area contributed by atoms with E-state index in [2.05, 4.69) is 10.4 Å². The van der Waals surface area contributed by atoms with Gasteiger partial charge >= 0.3 is 11.8 Å². The van der Waals surface area contributed by atoms with Crippen molar-refractivity contribution in [1.82, 2.24) is 9.66 Å². The largest absolute Gasteiger partial charge is 0.448 e. The number of rotatable bonds is 3. The van der Waals surface area contributed by atoms with E-state index in [0.29, 0.717) is 17.6 Å². The Morgan fingerprint density at radius 2 is 2.17 bits per heavy atom. The number of para-hydroxylation sites is 2. The smallest absolute Gasteiger partial charge is 0.426 e. The average molecular weight is 249 g/mol. The molecule has 1 aromatic carbocycles. The van der Waals surface area contributed by atoms with Crippen molar-refractivity contribution < 1.29 is 9.53 Å². The number of imidazole rings is 1. The minimum atomic E-state index is -0.643. The summed E-state index contributed by atoms with van der Waals surface area (Å²) in [5.41, 5.74) is 3.26. The summed E-state index contributed by atoms with van der Waals surface area (Å²) in [7, 11) is 0. The average Bonchev–Trinajstić information content (AvgIpc) is 2.64. The van der Waals surface area contributed by atoms with Gasteiger partial charge in [0.2, 0.25) is 0 Å². The molecule has 0 spiro atoms. The zero-order chi connectivity index (χ0) is 13.1. The van der Waals surface area contributed by atoms with Gasteiger partial charge in [-0.1, -0.05) is 26.0 Å². The van der Waals surface area contributed by atoms with Crippen LogP contribution >= 0.6 is 0 Å². The first kappa shape index (κ1) is 12.2. The summed E-state index contributed by atoms with van der Waals surface area (Å²) in [5, 5.41) is 0. The van der Waals surface area contributed by atoms with Crippen molar-refractivity contribution in [2.45, 2.75) is 13.8 Å². The van der Waals surface area contributed by atoms with Crippen molar-refractivity contribution in [3.8, 4) is 0 Å². The van der Waals surface area contributed by atoms with E-state index in [1.165, 1.54) is 0 Å². The van der Waals surface area contributed by atoms with Crippen LogP contribution in [0.15, 0.2) is 29.1 Å². The van der Waals surface area contributed by atoms with Crippen molar-refractivity contribution in [3.05, 3.63) is 34.7 Å². The molecule has 2 aromatic rings. The van der Waals surface area contributed by atoms with E-state index < -0.39 is 11.8 Å². The van der Waals surface area contributed by atoms with Crippen molar-refractivity contribution >= 4 is 17.1 Å². The van der Waals surface area contributed by atoms with E-state index in [9.17, 15) is 9.59 Å². The Labute approximate surface area is 104 Å². The van der Waals surface area contributed by atoms with Crippen LogP contribution in [0.4, 0.5) is 4.79 Å². The van der Waals surface area contributed by atoms with Crippen LogP contribution in [0.1, 0.15) is 13.8 Å². The number of fused-ring (bicyclic) bond motifs is 1. The summed E-state index contributed by atoms with van der Waals surface area (Å²) in [6.07, 6.45) is -0.643. The number of benzene rings is 1. The van der Waals surface area contributed by atoms with Crippen molar-refractivity contribution in [1.29, 1.82) is 0 Å². The molecule has 96 valence electrons. The lowest BCUT2D eigenvalue weighted by atomic mass is 10.2. The molecular formula is C12H15N3O3. The molecule has 1 heterocycles. The van der Waals surface area contributed by atoms with E-state index in [1.807, 2.05) is 13.8 Å². The van der Waals surface area contributed by atoms with Gasteiger partial charge in [-0.15, -0.1) is 0 Å². The number of nitrogens with zero attached hydrogens (tertiary/aromatic N) is 1. The first-order valence-electron chi connectivity index (χ1n) is 5.71. The Hall–Kier alpha value is -2.24. The van der Waals surface area contributed by atoms with Crippen LogP contribution in [-0.4, -0.2) is 22.4 Å². The number of carbonyl (C=O) groups excluding carboxylic acids is 1. The number of amides is 1. The fourth-order valence-electron chi connectivity index (χ4n) is 1.53. The quantitative estimate of drug-likeness (QED) is 0.868. The molecule has 6 nitrogen and oxygen atoms in total. The summed E-state index contributed by atoms with van der Waals surface area (Å²) in [6, 6.07) is 7.08. The van der Waals surface area contributed by atoms with E-state index in [0.717, 1.165) is 4.68 Å². The van der Waals surface area contributed by atoms with E-state index in [-0.39, 0.29) is 5.92 Å². The Bertz CT molecular complexity index is 612. The van der Waals surface area contributed by atoms with Gasteiger partial charge in [0.05, 0.1) is 17.6 Å². The third kappa shape index (κ3) is 2.53. The maximum absolute atomic E-state index is 11.6. The van der Waals surface area contributed by atoms with Crippen molar-refractivity contribution in [2.75, 3.05) is 12.0 Å². The number of aromatic nitrogens is 2. The molecule has 0 atom stereocenters. The first-order valence-corrected chi connectivity index (χ1v) is 5.71. The molecule has 0 aliphatic heterocycles. The highest BCUT2D eigenvalue weighted by Gasteiger charge is 2.10. The zero-order valence-electron chi connectivity index (χ0n) is 10.3. The van der Waals surface area contributed by atoms with Gasteiger partial charge in [0.25, 0.3) is 0 Å². The van der Waals surface area contributed by atoms with Crippen LogP contribution in [0.25, 0.3) is 11.0 Å². The standard InChI is InChI=1S/C12H15N3O3/c1-8(2)7-18-12(17)14-15-10-6-4-3-5-9(10)13-11(15)16/h3-6,8H,7H2,1-2H3,(H,13,16)(H,14,17). The molecule has 0 radical (unpaired) electrons. The number of hydrogen-bond donors (Lipinski definition) is 2. The van der Waals surface area contributed by atoms with Gasteiger partial charge in [0.1, 0.15) is 0 Å². The Morgan fingerprint density at radius 1 is 1.44 bits per heavy atom. The Balaban J connectivity index is 2.19. The maximum atomic E-state index is 11.6. The lowest BCUT2D eigenvalue weighted by Crippen LogP contribution is -2.32. The van der Waals surface area contributed by atoms with Gasteiger partial charge in [-0.05, 0) is 18.1 Å². The second-order valence-corrected chi connectivity index (χ2v) is 4.39. The minimum absolute atomic E-state index is 0.246. The maximum Gasteiger partial charge on any atom is 0.426 e. The second kappa shape index (κ2) is 4.95. The molecule has 1 amide bonds. The molecule has 18 heavy (non-hydrogen) atoms. The second-order valence-electron chi connectivity index (χ2n) is 4.39. The summed E-state index contributed by atoms with van der Waals surface area (Å²) in [4.78, 5) is 25.8. The first-order chi connectivity index (χ1) is 8.58. The number of aromatic amines is 1. The van der Waals surface area contributed by atoms with Crippen LogP contribution in [-0.2, 0) is 4.74 Å². The van der Waals surface area contributed by atoms with E-state index in [4.69, 9.17) is 4.74 Å². The van der Waals surface area contributed by atoms with Crippen LogP contribution in [0, 0.1) is 5.92 Å². The van der Waals surface area contributed by atoms with E-state index >= 15 is 0 Å². The molecule has 2 N–H and O–H groups in total. The highest BCUT2D eigenvalue weighted by molar-refractivity contribution is 5.81. The Morgan fingerprint density at radius 3 is 2.89 bits per heavy atom. The summed E-state index contributed by atoms with van der Waals surface area (Å²) < 4.78 is 6.09. The molecule has 2 rings (SSSR count). The van der Waals surface area contributed by atoms with Crippen LogP contribution in [0.5, 0.6) is 0 Å². The summed E-state index contributed by atoms with van der Waals surface area (Å²) in [5.74, 6) is 0.246. The van der Waals surface area contributed by atoms with Gasteiger partial charge in [-0.3, -0.25) is 0 Å². The monoisotopic (exact) mass is 249 g/mol. The number of ether oxygens (including phenoxy) is 1. The SMILES string of the molecule is CC(C)COC(=O)Nn1c(=O)[nH]c2ccccc21. The van der Waals surface area contributed by atoms with E-state index in [1.54, 1.807) is 24.3 Å². The van der Waals surface area contributed by atoms with Crippen LogP contribution < -0.4 is 11.1 Å². The highest BCUT2D eigenvalue weighted by atomic mass is 16.6. The summed E-state index contributed by atoms with van der Waals surface area (Å²) >= 11 is 0. The Kier molecular flexibility index (Phi) is 3.36. The lowest BCUT2D eigenvalue weighted by Gasteiger charge is -2.09. The predicted octanol–water partition coefficient (Wildman–Crippen LogP) is 1.67. The minimum Gasteiger partial charge on any atom is -0.448 e. The lowest BCUT2D eigenvalue weighted by molar-refractivity contribution is 0.144. The predicted molar refractivity (Wildman–Crippen MR) is 68.1 cm³/mol. The topological polar surface area (TPSA) is 76.1 Å². The van der Waals surface area contributed by atoms with Gasteiger partial charge in [-0.25, -0.2) is 15.0 Å². The molecule has 0 aliphatic carbocycles.